The third kappa shape index (κ3) is 2.50. The highest BCUT2D eigenvalue weighted by atomic mass is 19.1. The van der Waals surface area contributed by atoms with Crippen LogP contribution < -0.4 is 0 Å². The Hall–Kier alpha value is -1.74. The summed E-state index contributed by atoms with van der Waals surface area (Å²) in [6, 6.07) is 10.3. The monoisotopic (exact) mass is 234 g/mol. The van der Waals surface area contributed by atoms with Crippen LogP contribution in [0.5, 0.6) is 0 Å². The van der Waals surface area contributed by atoms with Crippen LogP contribution in [0.15, 0.2) is 42.5 Å². The molecule has 3 heteroatoms. The molecule has 0 heterocycles. The number of aliphatic hydroxyl groups excluding tert-OH is 1. The van der Waals surface area contributed by atoms with Gasteiger partial charge in [0.25, 0.3) is 0 Å². The lowest BCUT2D eigenvalue weighted by Crippen LogP contribution is -2.03. The van der Waals surface area contributed by atoms with Gasteiger partial charge < -0.3 is 5.11 Å². The fraction of sp³-hybridized carbons (Fsp3) is 0.143. The molecule has 1 nitrogen and oxygen atoms in total. The van der Waals surface area contributed by atoms with Gasteiger partial charge in [0.05, 0.1) is 0 Å². The summed E-state index contributed by atoms with van der Waals surface area (Å²) in [6.07, 6.45) is -1.07. The molecule has 0 aliphatic heterocycles. The van der Waals surface area contributed by atoms with Gasteiger partial charge in [-0.3, -0.25) is 0 Å². The van der Waals surface area contributed by atoms with Gasteiger partial charge in [-0.25, -0.2) is 8.78 Å². The van der Waals surface area contributed by atoms with E-state index in [2.05, 4.69) is 0 Å². The normalized spacial score (nSPS) is 12.5. The number of halogens is 2. The molecule has 2 rings (SSSR count). The Labute approximate surface area is 98.3 Å². The molecule has 0 aromatic heterocycles. The SMILES string of the molecule is Cc1cccc(C(O)c2ccc(F)cc2F)c1. The molecule has 0 aliphatic rings. The highest BCUT2D eigenvalue weighted by Gasteiger charge is 2.15. The van der Waals surface area contributed by atoms with Crippen molar-refractivity contribution >= 4 is 0 Å². The minimum absolute atomic E-state index is 0.0806. The second-order valence-corrected chi connectivity index (χ2v) is 3.98. The lowest BCUT2D eigenvalue weighted by atomic mass is 9.99. The van der Waals surface area contributed by atoms with E-state index in [1.807, 2.05) is 13.0 Å². The van der Waals surface area contributed by atoms with Crippen LogP contribution in [-0.2, 0) is 0 Å². The first kappa shape index (κ1) is 11.7. The molecule has 0 saturated heterocycles. The average Bonchev–Trinajstić information content (AvgIpc) is 2.28. The number of hydrogen-bond donors (Lipinski definition) is 1. The average molecular weight is 234 g/mol. The summed E-state index contributed by atoms with van der Waals surface area (Å²) in [5, 5.41) is 10.0. The molecule has 1 atom stereocenters. The molecule has 17 heavy (non-hydrogen) atoms. The van der Waals surface area contributed by atoms with E-state index in [0.717, 1.165) is 17.7 Å². The van der Waals surface area contributed by atoms with Crippen LogP contribution in [-0.4, -0.2) is 5.11 Å². The molecule has 2 aromatic rings. The molecule has 0 bridgehead atoms. The Morgan fingerprint density at radius 1 is 1.06 bits per heavy atom. The number of hydrogen-bond acceptors (Lipinski definition) is 1. The van der Waals surface area contributed by atoms with E-state index in [1.165, 1.54) is 6.07 Å². The highest BCUT2D eigenvalue weighted by molar-refractivity contribution is 5.33. The van der Waals surface area contributed by atoms with Crippen molar-refractivity contribution in [3.63, 3.8) is 0 Å². The molecule has 1 N–H and O–H groups in total. The zero-order valence-corrected chi connectivity index (χ0v) is 9.32. The van der Waals surface area contributed by atoms with Gasteiger partial charge in [0.1, 0.15) is 17.7 Å². The summed E-state index contributed by atoms with van der Waals surface area (Å²) in [5.74, 6) is -1.39. The first-order valence-electron chi connectivity index (χ1n) is 5.27. The minimum Gasteiger partial charge on any atom is -0.384 e. The van der Waals surface area contributed by atoms with Crippen LogP contribution in [0.25, 0.3) is 0 Å². The molecular weight excluding hydrogens is 222 g/mol. The molecular formula is C14H12F2O. The van der Waals surface area contributed by atoms with Crippen molar-refractivity contribution in [3.05, 3.63) is 70.8 Å². The minimum atomic E-state index is -1.07. The van der Waals surface area contributed by atoms with E-state index in [0.29, 0.717) is 5.56 Å². The summed E-state index contributed by atoms with van der Waals surface area (Å²) in [4.78, 5) is 0. The maximum atomic E-state index is 13.5. The lowest BCUT2D eigenvalue weighted by Gasteiger charge is -2.13. The van der Waals surface area contributed by atoms with Gasteiger partial charge in [0.2, 0.25) is 0 Å². The van der Waals surface area contributed by atoms with Crippen LogP contribution in [0.4, 0.5) is 8.78 Å². The van der Waals surface area contributed by atoms with E-state index >= 15 is 0 Å². The second kappa shape index (κ2) is 4.63. The van der Waals surface area contributed by atoms with Gasteiger partial charge in [0, 0.05) is 11.6 Å². The van der Waals surface area contributed by atoms with Crippen molar-refractivity contribution < 1.29 is 13.9 Å². The van der Waals surface area contributed by atoms with Gasteiger partial charge in [-0.1, -0.05) is 35.9 Å². The molecule has 0 spiro atoms. The molecule has 0 aliphatic carbocycles. The van der Waals surface area contributed by atoms with E-state index in [9.17, 15) is 13.9 Å². The van der Waals surface area contributed by atoms with Crippen LogP contribution in [0, 0.1) is 18.6 Å². The quantitative estimate of drug-likeness (QED) is 0.844. The largest absolute Gasteiger partial charge is 0.384 e. The van der Waals surface area contributed by atoms with Gasteiger partial charge in [0.15, 0.2) is 0 Å². The van der Waals surface area contributed by atoms with E-state index in [-0.39, 0.29) is 5.56 Å². The standard InChI is InChI=1S/C14H12F2O/c1-9-3-2-4-10(7-9)14(17)12-6-5-11(15)8-13(12)16/h2-8,14,17H,1H3. The Kier molecular flexibility index (Phi) is 3.20. The predicted molar refractivity (Wildman–Crippen MR) is 61.6 cm³/mol. The van der Waals surface area contributed by atoms with Crippen molar-refractivity contribution in [1.29, 1.82) is 0 Å². The molecule has 0 radical (unpaired) electrons. The first-order valence-corrected chi connectivity index (χ1v) is 5.27. The molecule has 0 fully saturated rings. The number of rotatable bonds is 2. The van der Waals surface area contributed by atoms with Gasteiger partial charge in [-0.05, 0) is 18.6 Å². The molecule has 0 amide bonds. The Balaban J connectivity index is 2.40. The lowest BCUT2D eigenvalue weighted by molar-refractivity contribution is 0.214. The maximum absolute atomic E-state index is 13.5. The number of aliphatic hydroxyl groups is 1. The summed E-state index contributed by atoms with van der Waals surface area (Å²) in [5.41, 5.74) is 1.65. The summed E-state index contributed by atoms with van der Waals surface area (Å²) < 4.78 is 26.2. The van der Waals surface area contributed by atoms with Crippen LogP contribution in [0.3, 0.4) is 0 Å². The number of benzene rings is 2. The fourth-order valence-electron chi connectivity index (χ4n) is 1.74. The van der Waals surface area contributed by atoms with E-state index in [4.69, 9.17) is 0 Å². The van der Waals surface area contributed by atoms with Crippen LogP contribution >= 0.6 is 0 Å². The smallest absolute Gasteiger partial charge is 0.132 e. The van der Waals surface area contributed by atoms with Crippen molar-refractivity contribution in [2.75, 3.05) is 0 Å². The summed E-state index contributed by atoms with van der Waals surface area (Å²) >= 11 is 0. The van der Waals surface area contributed by atoms with Gasteiger partial charge in [-0.2, -0.15) is 0 Å². The third-order valence-corrected chi connectivity index (χ3v) is 2.61. The van der Waals surface area contributed by atoms with Crippen LogP contribution in [0.2, 0.25) is 0 Å². The van der Waals surface area contributed by atoms with E-state index in [1.54, 1.807) is 18.2 Å². The predicted octanol–water partition coefficient (Wildman–Crippen LogP) is 3.35. The van der Waals surface area contributed by atoms with Gasteiger partial charge in [-0.15, -0.1) is 0 Å². The maximum Gasteiger partial charge on any atom is 0.132 e. The zero-order valence-electron chi connectivity index (χ0n) is 9.32. The van der Waals surface area contributed by atoms with Crippen molar-refractivity contribution in [3.8, 4) is 0 Å². The summed E-state index contributed by atoms with van der Waals surface area (Å²) in [7, 11) is 0. The first-order chi connectivity index (χ1) is 8.08. The zero-order chi connectivity index (χ0) is 12.4. The second-order valence-electron chi connectivity index (χ2n) is 3.98. The molecule has 2 aromatic carbocycles. The van der Waals surface area contributed by atoms with Gasteiger partial charge >= 0.3 is 0 Å². The Bertz CT molecular complexity index is 537. The third-order valence-electron chi connectivity index (χ3n) is 2.61. The molecule has 88 valence electrons. The molecule has 1 unspecified atom stereocenters. The Morgan fingerprint density at radius 3 is 2.47 bits per heavy atom. The van der Waals surface area contributed by atoms with Crippen molar-refractivity contribution in [2.45, 2.75) is 13.0 Å². The highest BCUT2D eigenvalue weighted by Crippen LogP contribution is 2.25. The van der Waals surface area contributed by atoms with Crippen LogP contribution in [0.1, 0.15) is 22.8 Å². The molecule has 0 saturated carbocycles. The summed E-state index contributed by atoms with van der Waals surface area (Å²) in [6.45, 7) is 1.89. The topological polar surface area (TPSA) is 20.2 Å². The number of aryl methyl sites for hydroxylation is 1. The fourth-order valence-corrected chi connectivity index (χ4v) is 1.74. The van der Waals surface area contributed by atoms with E-state index < -0.39 is 17.7 Å². The van der Waals surface area contributed by atoms with Crippen molar-refractivity contribution in [1.82, 2.24) is 0 Å². The van der Waals surface area contributed by atoms with Crippen molar-refractivity contribution in [2.24, 2.45) is 0 Å². The Morgan fingerprint density at radius 2 is 1.82 bits per heavy atom.